The van der Waals surface area contributed by atoms with Gasteiger partial charge in [0.1, 0.15) is 15.8 Å². The normalized spacial score (nSPS) is 17.0. The number of hydrogen-bond donors (Lipinski definition) is 1. The fourth-order valence-electron chi connectivity index (χ4n) is 2.02. The molecule has 0 unspecified atom stereocenters. The summed E-state index contributed by atoms with van der Waals surface area (Å²) in [5.74, 6) is 1.21. The summed E-state index contributed by atoms with van der Waals surface area (Å²) in [4.78, 5) is 7.60. The number of thioether (sulfide) groups is 1. The van der Waals surface area contributed by atoms with E-state index in [1.54, 1.807) is 18.2 Å². The number of nitrogens with zero attached hydrogens (tertiary/aromatic N) is 1. The largest absolute Gasteiger partial charge is 0.460 e. The molecule has 3 nitrogen and oxygen atoms in total. The first-order chi connectivity index (χ1) is 9.97. The number of imidazole rings is 1. The number of aromatic amines is 1. The van der Waals surface area contributed by atoms with Crippen LogP contribution >= 0.6 is 46.6 Å². The van der Waals surface area contributed by atoms with Crippen LogP contribution in [0.5, 0.6) is 5.75 Å². The molecule has 7 heteroatoms. The van der Waals surface area contributed by atoms with Crippen LogP contribution in [0, 0.1) is 0 Å². The van der Waals surface area contributed by atoms with E-state index in [4.69, 9.17) is 39.5 Å². The maximum Gasteiger partial charge on any atom is 0.166 e. The Hall–Kier alpha value is -0.810. The molecule has 0 atom stereocenters. The van der Waals surface area contributed by atoms with Crippen LogP contribution in [-0.2, 0) is 0 Å². The molecule has 3 rings (SSSR count). The van der Waals surface area contributed by atoms with Crippen molar-refractivity contribution in [3.8, 4) is 5.75 Å². The molecule has 2 aromatic rings. The Labute approximate surface area is 141 Å². The van der Waals surface area contributed by atoms with Crippen molar-refractivity contribution in [1.29, 1.82) is 0 Å². The van der Waals surface area contributed by atoms with Crippen molar-refractivity contribution < 1.29 is 4.74 Å². The first-order valence-corrected chi connectivity index (χ1v) is 8.50. The van der Waals surface area contributed by atoms with E-state index in [-0.39, 0.29) is 0 Å². The number of hydrogen-bond acceptors (Lipinski definition) is 3. The Balaban J connectivity index is 1.92. The number of halogens is 3. The van der Waals surface area contributed by atoms with Crippen LogP contribution < -0.4 is 4.74 Å². The molecule has 0 aliphatic heterocycles. The Kier molecular flexibility index (Phi) is 4.14. The lowest BCUT2D eigenvalue weighted by Gasteiger charge is -2.21. The number of fused-ring (bicyclic) bond motifs is 1. The highest BCUT2D eigenvalue weighted by Crippen LogP contribution is 2.37. The maximum absolute atomic E-state index is 6.25. The molecule has 1 heterocycles. The number of rotatable bonds is 3. The lowest BCUT2D eigenvalue weighted by molar-refractivity contribution is 0.400. The molecule has 0 radical (unpaired) electrons. The van der Waals surface area contributed by atoms with Crippen LogP contribution in [0.25, 0.3) is 11.0 Å². The van der Waals surface area contributed by atoms with E-state index in [0.29, 0.717) is 23.0 Å². The van der Waals surface area contributed by atoms with Gasteiger partial charge in [-0.1, -0.05) is 52.6 Å². The number of nitrogens with one attached hydrogen (secondary N) is 1. The molecule has 1 aromatic heterocycles. The maximum atomic E-state index is 6.25. The molecule has 0 saturated heterocycles. The summed E-state index contributed by atoms with van der Waals surface area (Å²) in [5, 5.41) is 1.32. The van der Waals surface area contributed by atoms with E-state index in [1.165, 1.54) is 11.8 Å². The Morgan fingerprint density at radius 1 is 1.38 bits per heavy atom. The first-order valence-electron chi connectivity index (χ1n) is 6.14. The van der Waals surface area contributed by atoms with Crippen LogP contribution in [0.1, 0.15) is 6.42 Å². The van der Waals surface area contributed by atoms with Gasteiger partial charge in [-0.25, -0.2) is 4.98 Å². The molecule has 21 heavy (non-hydrogen) atoms. The van der Waals surface area contributed by atoms with E-state index < -0.39 is 4.33 Å². The van der Waals surface area contributed by atoms with Crippen molar-refractivity contribution >= 4 is 57.6 Å². The number of H-pyrrole nitrogens is 1. The quantitative estimate of drug-likeness (QED) is 0.592. The summed E-state index contributed by atoms with van der Waals surface area (Å²) in [5.41, 5.74) is 1.67. The zero-order chi connectivity index (χ0) is 15.0. The zero-order valence-corrected chi connectivity index (χ0v) is 14.1. The van der Waals surface area contributed by atoms with Gasteiger partial charge in [0.15, 0.2) is 5.16 Å². The minimum absolute atomic E-state index is 0.389. The number of aromatic nitrogens is 2. The smallest absolute Gasteiger partial charge is 0.166 e. The van der Waals surface area contributed by atoms with Gasteiger partial charge in [0.05, 0.1) is 16.1 Å². The number of ether oxygens (including phenoxy) is 1. The molecule has 1 aromatic carbocycles. The third-order valence-electron chi connectivity index (χ3n) is 2.98. The van der Waals surface area contributed by atoms with E-state index in [2.05, 4.69) is 9.97 Å². The van der Waals surface area contributed by atoms with Gasteiger partial charge in [-0.15, -0.1) is 0 Å². The summed E-state index contributed by atoms with van der Waals surface area (Å²) in [6.07, 6.45) is 7.65. The molecule has 1 aliphatic carbocycles. The standard InChI is InChI=1S/C14H11Cl3N2OS/c1-21-13-18-10-5-9(15)12(6-11(10)19-13)20-8-3-2-4-14(16,17)7-8/h2-6H,7H2,1H3,(H,18,19). The molecule has 1 aliphatic rings. The predicted molar refractivity (Wildman–Crippen MR) is 89.8 cm³/mol. The number of allylic oxidation sites excluding steroid dienone is 4. The van der Waals surface area contributed by atoms with Gasteiger partial charge in [-0.05, 0) is 24.5 Å². The first kappa shape index (κ1) is 15.1. The van der Waals surface area contributed by atoms with Gasteiger partial charge in [0, 0.05) is 12.5 Å². The molecular weight excluding hydrogens is 351 g/mol. The molecule has 0 amide bonds. The molecule has 110 valence electrons. The lowest BCUT2D eigenvalue weighted by atomic mass is 10.1. The Bertz CT molecular complexity index is 752. The van der Waals surface area contributed by atoms with Gasteiger partial charge in [-0.3, -0.25) is 0 Å². The van der Waals surface area contributed by atoms with Gasteiger partial charge in [0.2, 0.25) is 0 Å². The van der Waals surface area contributed by atoms with Gasteiger partial charge in [0.25, 0.3) is 0 Å². The average molecular weight is 362 g/mol. The number of alkyl halides is 2. The van der Waals surface area contributed by atoms with Crippen molar-refractivity contribution in [2.24, 2.45) is 0 Å². The summed E-state index contributed by atoms with van der Waals surface area (Å²) >= 11 is 20.0. The minimum Gasteiger partial charge on any atom is -0.460 e. The van der Waals surface area contributed by atoms with Crippen molar-refractivity contribution in [2.45, 2.75) is 15.9 Å². The SMILES string of the molecule is CSc1nc2cc(Cl)c(OC3=CC=CC(Cl)(Cl)C3)cc2[nH]1. The van der Waals surface area contributed by atoms with Crippen LogP contribution in [0.4, 0.5) is 0 Å². The van der Waals surface area contributed by atoms with Crippen LogP contribution in [-0.4, -0.2) is 20.6 Å². The summed E-state index contributed by atoms with van der Waals surface area (Å²) < 4.78 is 4.88. The van der Waals surface area contributed by atoms with E-state index >= 15 is 0 Å². The Morgan fingerprint density at radius 3 is 2.90 bits per heavy atom. The monoisotopic (exact) mass is 360 g/mol. The van der Waals surface area contributed by atoms with Crippen molar-refractivity contribution in [3.63, 3.8) is 0 Å². The van der Waals surface area contributed by atoms with E-state index in [9.17, 15) is 0 Å². The number of benzene rings is 1. The summed E-state index contributed by atoms with van der Waals surface area (Å²) in [6, 6.07) is 3.60. The van der Waals surface area contributed by atoms with Gasteiger partial charge < -0.3 is 9.72 Å². The molecule has 0 saturated carbocycles. The fourth-order valence-corrected chi connectivity index (χ4v) is 3.03. The second kappa shape index (κ2) is 5.76. The van der Waals surface area contributed by atoms with Crippen LogP contribution in [0.2, 0.25) is 5.02 Å². The van der Waals surface area contributed by atoms with Gasteiger partial charge >= 0.3 is 0 Å². The third-order valence-corrected chi connectivity index (χ3v) is 4.37. The summed E-state index contributed by atoms with van der Waals surface area (Å²) in [7, 11) is 0. The lowest BCUT2D eigenvalue weighted by Crippen LogP contribution is -2.15. The second-order valence-corrected chi connectivity index (χ2v) is 7.32. The van der Waals surface area contributed by atoms with E-state index in [0.717, 1.165) is 16.2 Å². The second-order valence-electron chi connectivity index (χ2n) is 4.58. The third kappa shape index (κ3) is 3.34. The molecule has 1 N–H and O–H groups in total. The van der Waals surface area contributed by atoms with Crippen LogP contribution in [0.15, 0.2) is 41.3 Å². The zero-order valence-electron chi connectivity index (χ0n) is 11.0. The highest BCUT2D eigenvalue weighted by molar-refractivity contribution is 7.98. The Morgan fingerprint density at radius 2 is 2.19 bits per heavy atom. The summed E-state index contributed by atoms with van der Waals surface area (Å²) in [6.45, 7) is 0. The molecule has 0 bridgehead atoms. The topological polar surface area (TPSA) is 37.9 Å². The predicted octanol–water partition coefficient (Wildman–Crippen LogP) is 5.33. The molecule has 0 spiro atoms. The minimum atomic E-state index is -0.944. The highest BCUT2D eigenvalue weighted by Gasteiger charge is 2.26. The average Bonchev–Trinajstić information content (AvgIpc) is 2.80. The van der Waals surface area contributed by atoms with Crippen LogP contribution in [0.3, 0.4) is 0 Å². The van der Waals surface area contributed by atoms with Crippen molar-refractivity contribution in [3.05, 3.63) is 41.1 Å². The fraction of sp³-hybridized carbons (Fsp3) is 0.214. The molecular formula is C14H11Cl3N2OS. The molecule has 0 fully saturated rings. The van der Waals surface area contributed by atoms with E-state index in [1.807, 2.05) is 18.4 Å². The van der Waals surface area contributed by atoms with Crippen molar-refractivity contribution in [1.82, 2.24) is 9.97 Å². The van der Waals surface area contributed by atoms with Gasteiger partial charge in [-0.2, -0.15) is 0 Å². The van der Waals surface area contributed by atoms with Crippen molar-refractivity contribution in [2.75, 3.05) is 6.26 Å². The highest BCUT2D eigenvalue weighted by atomic mass is 35.5.